The van der Waals surface area contributed by atoms with E-state index in [1.165, 1.54) is 43.2 Å². The van der Waals surface area contributed by atoms with Gasteiger partial charge in [-0.2, -0.15) is 0 Å². The van der Waals surface area contributed by atoms with Crippen LogP contribution in [0.1, 0.15) is 138 Å². The molecule has 0 saturated carbocycles. The maximum atomic E-state index is 14.9. The molecule has 8 N–H and O–H groups in total. The lowest BCUT2D eigenvalue weighted by atomic mass is 9.89. The monoisotopic (exact) mass is 1480 g/mol. The minimum atomic E-state index is -1.12. The molecule has 0 aliphatic carbocycles. The summed E-state index contributed by atoms with van der Waals surface area (Å²) in [6.45, 7) is 18.3. The number of hydrogen-bond donors (Lipinski definition) is 7. The third-order valence-electron chi connectivity index (χ3n) is 18.9. The summed E-state index contributed by atoms with van der Waals surface area (Å²) in [4.78, 5) is 167. The molecule has 0 radical (unpaired) electrons. The third kappa shape index (κ3) is 29.0. The van der Waals surface area contributed by atoms with Gasteiger partial charge in [0.15, 0.2) is 0 Å². The molecule has 30 nitrogen and oxygen atoms in total. The number of methoxy groups -OCH3 is 3. The standard InChI is InChI=1S/C75H117N11O19/c1-15-50(8)66(58(100-13)45-62(90)85-37-23-27-57(85)67(101-14)51(9)68(91)80-56(44-52-24-18-16-19-25-52)73(96)104-43-42-103-41-40-102-39-38-99-12)83(10)72(95)64(48(4)5)82-71(94)65(49(6)7)84(11)75(98)105-46-53-29-31-54(32-30-53)78-69(92)55(26-22-35-77-74(76)97)79-70(93)63(47(2)3)81-59(87)28-20-17-21-36-86-60(88)33-34-61(86)89/h16,18-19,24-25,29-34,47-51,55-58,63-67H,15,17,20-23,26-28,35-46H2,1-14H3,(H,78,92)(H,79,93)(H,80,91)(H,81,87)(H,82,94)(H3,76,77,97)/t50-,51+,55-,56-,57-,58+,63-,64-,65-,66-,67+/m0/s1. The molecule has 30 heteroatoms. The smallest absolute Gasteiger partial charge is 0.410 e. The molecular weight excluding hydrogens is 1360 g/mol. The number of rotatable bonds is 48. The number of nitrogens with two attached hydrogens (primary N) is 1. The van der Waals surface area contributed by atoms with E-state index in [-0.39, 0.29) is 94.6 Å². The Morgan fingerprint density at radius 2 is 1.27 bits per heavy atom. The number of carbonyl (C=O) groups excluding carboxylic acids is 12. The Morgan fingerprint density at radius 1 is 0.638 bits per heavy atom. The van der Waals surface area contributed by atoms with E-state index in [1.807, 2.05) is 44.2 Å². The van der Waals surface area contributed by atoms with Crippen molar-refractivity contribution in [1.82, 2.24) is 46.2 Å². The van der Waals surface area contributed by atoms with E-state index in [9.17, 15) is 57.5 Å². The fraction of sp³-hybridized carbons (Fsp3) is 0.653. The molecule has 1 fully saturated rings. The van der Waals surface area contributed by atoms with Crippen molar-refractivity contribution >= 4 is 76.9 Å². The first-order valence-electron chi connectivity index (χ1n) is 36.5. The number of amides is 12. The molecule has 0 spiro atoms. The molecule has 2 aromatic rings. The topological polar surface area (TPSA) is 381 Å². The average Bonchev–Trinajstić information content (AvgIpc) is 1.71. The largest absolute Gasteiger partial charge is 0.462 e. The summed E-state index contributed by atoms with van der Waals surface area (Å²) in [5.41, 5.74) is 6.90. The van der Waals surface area contributed by atoms with E-state index in [0.29, 0.717) is 82.7 Å². The number of anilines is 1. The Morgan fingerprint density at radius 3 is 1.86 bits per heavy atom. The minimum Gasteiger partial charge on any atom is -0.462 e. The van der Waals surface area contributed by atoms with Crippen molar-refractivity contribution in [3.05, 3.63) is 77.9 Å². The number of nitrogens with one attached hydrogen (secondary N) is 6. The number of likely N-dealkylation sites (N-methyl/N-ethyl adjacent to an activating group) is 2. The number of carbonyl (C=O) groups is 12. The van der Waals surface area contributed by atoms with E-state index in [0.717, 1.165) is 10.5 Å². The van der Waals surface area contributed by atoms with Crippen LogP contribution in [0.3, 0.4) is 0 Å². The van der Waals surface area contributed by atoms with Gasteiger partial charge < -0.3 is 80.6 Å². The fourth-order valence-electron chi connectivity index (χ4n) is 12.8. The molecule has 2 aliphatic heterocycles. The van der Waals surface area contributed by atoms with Crippen molar-refractivity contribution in [3.63, 3.8) is 0 Å². The average molecular weight is 1480 g/mol. The number of primary amides is 1. The number of imide groups is 1. The van der Waals surface area contributed by atoms with Crippen LogP contribution in [0.4, 0.5) is 15.3 Å². The second-order valence-corrected chi connectivity index (χ2v) is 27.8. The molecule has 2 heterocycles. The molecule has 4 rings (SSSR count). The quantitative estimate of drug-likeness (QED) is 0.0266. The first-order valence-corrected chi connectivity index (χ1v) is 36.5. The summed E-state index contributed by atoms with van der Waals surface area (Å²) >= 11 is 0. The van der Waals surface area contributed by atoms with Gasteiger partial charge in [-0.25, -0.2) is 14.4 Å². The third-order valence-corrected chi connectivity index (χ3v) is 18.9. The highest BCUT2D eigenvalue weighted by atomic mass is 16.6. The highest BCUT2D eigenvalue weighted by molar-refractivity contribution is 6.12. The predicted molar refractivity (Wildman–Crippen MR) is 391 cm³/mol. The molecule has 11 atom stereocenters. The lowest BCUT2D eigenvalue weighted by Gasteiger charge is -2.41. The predicted octanol–water partition coefficient (Wildman–Crippen LogP) is 4.79. The van der Waals surface area contributed by atoms with E-state index in [4.69, 9.17) is 38.9 Å². The normalized spacial score (nSPS) is 16.4. The van der Waals surface area contributed by atoms with Crippen LogP contribution in [0.25, 0.3) is 0 Å². The summed E-state index contributed by atoms with van der Waals surface area (Å²) in [6, 6.07) is 8.24. The second-order valence-electron chi connectivity index (χ2n) is 27.8. The molecule has 2 aliphatic rings. The number of unbranched alkanes of at least 4 members (excludes halogenated alkanes) is 2. The van der Waals surface area contributed by atoms with Crippen LogP contribution in [0.5, 0.6) is 0 Å². The number of ether oxygens (including phenoxy) is 7. The lowest BCUT2D eigenvalue weighted by Crippen LogP contribution is -2.60. The first kappa shape index (κ1) is 88.8. The maximum absolute atomic E-state index is 14.9. The van der Waals surface area contributed by atoms with Crippen LogP contribution >= 0.6 is 0 Å². The van der Waals surface area contributed by atoms with Crippen LogP contribution in [0.15, 0.2) is 66.7 Å². The Hall–Kier alpha value is -8.58. The van der Waals surface area contributed by atoms with Gasteiger partial charge in [-0.1, -0.05) is 118 Å². The summed E-state index contributed by atoms with van der Waals surface area (Å²) in [6.07, 6.45) is 3.63. The van der Waals surface area contributed by atoms with E-state index >= 15 is 0 Å². The second kappa shape index (κ2) is 46.4. The number of hydrogen-bond acceptors (Lipinski definition) is 19. The van der Waals surface area contributed by atoms with Crippen LogP contribution in [-0.2, 0) is 94.1 Å². The van der Waals surface area contributed by atoms with Crippen molar-refractivity contribution in [2.45, 2.75) is 194 Å². The van der Waals surface area contributed by atoms with Gasteiger partial charge in [0, 0.05) is 85.7 Å². The van der Waals surface area contributed by atoms with Gasteiger partial charge in [-0.15, -0.1) is 0 Å². The van der Waals surface area contributed by atoms with Crippen LogP contribution in [-0.4, -0.2) is 240 Å². The van der Waals surface area contributed by atoms with Gasteiger partial charge in [-0.05, 0) is 85.5 Å². The molecule has 12 amide bonds. The Balaban J connectivity index is 1.38. The molecular formula is C75H117N11O19. The molecule has 0 unspecified atom stereocenters. The molecule has 586 valence electrons. The summed E-state index contributed by atoms with van der Waals surface area (Å²) in [5.74, 6) is -7.15. The number of likely N-dealkylation sites (tertiary alicyclic amines) is 1. The Bertz CT molecular complexity index is 3140. The van der Waals surface area contributed by atoms with Gasteiger partial charge in [0.2, 0.25) is 41.4 Å². The van der Waals surface area contributed by atoms with Crippen molar-refractivity contribution in [1.29, 1.82) is 0 Å². The molecule has 2 aromatic carbocycles. The maximum Gasteiger partial charge on any atom is 0.410 e. The van der Waals surface area contributed by atoms with Crippen LogP contribution in [0, 0.1) is 29.6 Å². The zero-order valence-electron chi connectivity index (χ0n) is 63.9. The molecule has 0 aromatic heterocycles. The lowest BCUT2D eigenvalue weighted by molar-refractivity contribution is -0.151. The van der Waals surface area contributed by atoms with E-state index in [1.54, 1.807) is 91.8 Å². The minimum absolute atomic E-state index is 0.0464. The Labute approximate surface area is 618 Å². The van der Waals surface area contributed by atoms with Crippen molar-refractivity contribution in [2.75, 3.05) is 100 Å². The summed E-state index contributed by atoms with van der Waals surface area (Å²) in [7, 11) is 7.60. The highest BCUT2D eigenvalue weighted by Gasteiger charge is 2.44. The van der Waals surface area contributed by atoms with Gasteiger partial charge >= 0.3 is 18.1 Å². The summed E-state index contributed by atoms with van der Waals surface area (Å²) in [5, 5.41) is 16.6. The van der Waals surface area contributed by atoms with Crippen molar-refractivity contribution in [3.8, 4) is 0 Å². The highest BCUT2D eigenvalue weighted by Crippen LogP contribution is 2.30. The number of esters is 1. The first-order chi connectivity index (χ1) is 50.0. The SMILES string of the molecule is CC[C@H](C)[C@@H]([C@@H](CC(=O)N1CCC[C@H]1[C@H](OC)[C@@H](C)C(=O)N[C@@H](Cc1ccccc1)C(=O)OCCOCCOCCOC)OC)N(C)C(=O)[C@@H](NC(=O)[C@H](C(C)C)N(C)C(=O)OCc1ccc(NC(=O)[C@H](CCCNC(N)=O)NC(=O)[C@@H](NC(=O)CCCCCN2C(=O)C=CC2=O)C(C)C)cc1)C(C)C. The number of urea groups is 1. The van der Waals surface area contributed by atoms with Gasteiger partial charge in [-0.3, -0.25) is 53.0 Å². The van der Waals surface area contributed by atoms with Crippen LogP contribution < -0.4 is 37.6 Å². The molecule has 105 heavy (non-hydrogen) atoms. The van der Waals surface area contributed by atoms with E-state index < -0.39 is 126 Å². The van der Waals surface area contributed by atoms with Crippen LogP contribution in [0.2, 0.25) is 0 Å². The molecule has 1 saturated heterocycles. The number of nitrogens with zero attached hydrogens (tertiary/aromatic N) is 4. The van der Waals surface area contributed by atoms with Crippen molar-refractivity contribution in [2.24, 2.45) is 35.3 Å². The zero-order valence-corrected chi connectivity index (χ0v) is 63.9. The van der Waals surface area contributed by atoms with Crippen molar-refractivity contribution < 1.29 is 90.7 Å². The van der Waals surface area contributed by atoms with Gasteiger partial charge in [0.1, 0.15) is 43.4 Å². The molecule has 0 bridgehead atoms. The Kier molecular flexibility index (Phi) is 39.2. The fourth-order valence-corrected chi connectivity index (χ4v) is 12.8. The zero-order chi connectivity index (χ0) is 77.9. The van der Waals surface area contributed by atoms with Gasteiger partial charge in [0.05, 0.1) is 69.7 Å². The summed E-state index contributed by atoms with van der Waals surface area (Å²) < 4.78 is 39.4. The van der Waals surface area contributed by atoms with Gasteiger partial charge in [0.25, 0.3) is 11.8 Å². The van der Waals surface area contributed by atoms with E-state index in [2.05, 4.69) is 31.9 Å². The number of benzene rings is 2.